The molecule has 2 aliphatic carbocycles. The number of alkyl carbamates (subject to hydrolysis) is 1. The van der Waals surface area contributed by atoms with Gasteiger partial charge in [0, 0.05) is 12.5 Å². The Kier molecular flexibility index (Phi) is 6.88. The standard InChI is InChI=1S/C28H34N2O5/c1-27(2,3)14-18(25(33)30-28(12-13-28)15-24(31)32)16-29-26(34)35-17-23-21-10-6-4-8-19(21)20-9-5-7-11-22(20)23/h4-11,18,23H,12-17H2,1-3H3,(H,29,34)(H,30,33)(H,31,32). The summed E-state index contributed by atoms with van der Waals surface area (Å²) >= 11 is 0. The minimum absolute atomic E-state index is 0.0347. The summed E-state index contributed by atoms with van der Waals surface area (Å²) in [5.41, 5.74) is 3.81. The summed E-state index contributed by atoms with van der Waals surface area (Å²) in [7, 11) is 0. The quantitative estimate of drug-likeness (QED) is 0.485. The Morgan fingerprint density at radius 2 is 1.60 bits per heavy atom. The van der Waals surface area contributed by atoms with E-state index >= 15 is 0 Å². The Hall–Kier alpha value is -3.35. The van der Waals surface area contributed by atoms with Crippen LogP contribution >= 0.6 is 0 Å². The second kappa shape index (κ2) is 9.72. The number of benzene rings is 2. The van der Waals surface area contributed by atoms with Crippen molar-refractivity contribution in [3.05, 3.63) is 59.7 Å². The van der Waals surface area contributed by atoms with Gasteiger partial charge in [-0.2, -0.15) is 0 Å². The predicted octanol–water partition coefficient (Wildman–Crippen LogP) is 4.70. The molecule has 0 spiro atoms. The minimum Gasteiger partial charge on any atom is -0.481 e. The first-order valence-corrected chi connectivity index (χ1v) is 12.2. The highest BCUT2D eigenvalue weighted by Gasteiger charge is 2.46. The van der Waals surface area contributed by atoms with E-state index in [0.717, 1.165) is 22.3 Å². The van der Waals surface area contributed by atoms with Crippen molar-refractivity contribution in [3.63, 3.8) is 0 Å². The summed E-state index contributed by atoms with van der Waals surface area (Å²) in [6, 6.07) is 16.3. The Bertz CT molecular complexity index is 1070. The van der Waals surface area contributed by atoms with Crippen LogP contribution in [0.25, 0.3) is 11.1 Å². The van der Waals surface area contributed by atoms with Gasteiger partial charge in [-0.05, 0) is 46.9 Å². The van der Waals surface area contributed by atoms with E-state index in [0.29, 0.717) is 19.3 Å². The van der Waals surface area contributed by atoms with Gasteiger partial charge in [-0.1, -0.05) is 69.3 Å². The summed E-state index contributed by atoms with van der Waals surface area (Å²) in [6.07, 6.45) is 1.22. The third-order valence-corrected chi connectivity index (χ3v) is 6.80. The Labute approximate surface area is 206 Å². The number of aliphatic carboxylic acids is 1. The molecule has 7 nitrogen and oxygen atoms in total. The van der Waals surface area contributed by atoms with Crippen LogP contribution in [0.1, 0.15) is 63.5 Å². The number of amides is 2. The topological polar surface area (TPSA) is 105 Å². The van der Waals surface area contributed by atoms with Gasteiger partial charge in [-0.3, -0.25) is 9.59 Å². The van der Waals surface area contributed by atoms with Crippen molar-refractivity contribution in [3.8, 4) is 11.1 Å². The lowest BCUT2D eigenvalue weighted by Crippen LogP contribution is -2.46. The van der Waals surface area contributed by atoms with Crippen LogP contribution in [-0.2, 0) is 14.3 Å². The smallest absolute Gasteiger partial charge is 0.407 e. The molecule has 1 unspecified atom stereocenters. The first kappa shape index (κ1) is 24.8. The lowest BCUT2D eigenvalue weighted by atomic mass is 9.84. The molecule has 1 saturated carbocycles. The average Bonchev–Trinajstić information content (AvgIpc) is 3.45. The molecule has 35 heavy (non-hydrogen) atoms. The molecule has 2 amide bonds. The van der Waals surface area contributed by atoms with E-state index in [1.54, 1.807) is 0 Å². The molecule has 1 fully saturated rings. The Morgan fingerprint density at radius 1 is 1.03 bits per heavy atom. The van der Waals surface area contributed by atoms with Gasteiger partial charge in [0.25, 0.3) is 0 Å². The minimum atomic E-state index is -0.924. The number of nitrogens with one attached hydrogen (secondary N) is 2. The molecule has 2 aromatic carbocycles. The van der Waals surface area contributed by atoms with E-state index in [1.165, 1.54) is 0 Å². The van der Waals surface area contributed by atoms with Gasteiger partial charge in [0.1, 0.15) is 6.61 Å². The maximum Gasteiger partial charge on any atom is 0.407 e. The highest BCUT2D eigenvalue weighted by molar-refractivity contribution is 5.82. The van der Waals surface area contributed by atoms with Crippen molar-refractivity contribution < 1.29 is 24.2 Å². The van der Waals surface area contributed by atoms with E-state index in [-0.39, 0.29) is 36.8 Å². The molecule has 2 aromatic rings. The van der Waals surface area contributed by atoms with Crippen LogP contribution in [0.2, 0.25) is 0 Å². The second-order valence-electron chi connectivity index (χ2n) is 11.0. The van der Waals surface area contributed by atoms with Crippen LogP contribution < -0.4 is 10.6 Å². The summed E-state index contributed by atoms with van der Waals surface area (Å²) < 4.78 is 5.61. The van der Waals surface area contributed by atoms with Gasteiger partial charge in [0.15, 0.2) is 0 Å². The molecule has 0 heterocycles. The predicted molar refractivity (Wildman–Crippen MR) is 133 cm³/mol. The van der Waals surface area contributed by atoms with Gasteiger partial charge in [-0.15, -0.1) is 0 Å². The lowest BCUT2D eigenvalue weighted by Gasteiger charge is -2.27. The molecular formula is C28H34N2O5. The van der Waals surface area contributed by atoms with E-state index in [1.807, 2.05) is 45.0 Å². The van der Waals surface area contributed by atoms with Crippen LogP contribution in [0.4, 0.5) is 4.79 Å². The summed E-state index contributed by atoms with van der Waals surface area (Å²) in [4.78, 5) is 36.8. The largest absolute Gasteiger partial charge is 0.481 e. The first-order valence-electron chi connectivity index (χ1n) is 12.2. The fraction of sp³-hybridized carbons (Fsp3) is 0.464. The Balaban J connectivity index is 1.36. The molecule has 186 valence electrons. The molecule has 0 aromatic heterocycles. The molecular weight excluding hydrogens is 444 g/mol. The molecule has 7 heteroatoms. The van der Waals surface area contributed by atoms with E-state index in [2.05, 4.69) is 34.9 Å². The summed E-state index contributed by atoms with van der Waals surface area (Å²) in [5.74, 6) is -1.67. The fourth-order valence-electron chi connectivity index (χ4n) is 5.00. The highest BCUT2D eigenvalue weighted by Crippen LogP contribution is 2.44. The zero-order chi connectivity index (χ0) is 25.2. The number of carbonyl (C=O) groups is 3. The van der Waals surface area contributed by atoms with Crippen molar-refractivity contribution in [2.75, 3.05) is 13.2 Å². The van der Waals surface area contributed by atoms with Gasteiger partial charge >= 0.3 is 12.1 Å². The van der Waals surface area contributed by atoms with Gasteiger partial charge < -0.3 is 20.5 Å². The average molecular weight is 479 g/mol. The van der Waals surface area contributed by atoms with Gasteiger partial charge in [0.2, 0.25) is 5.91 Å². The molecule has 0 bridgehead atoms. The van der Waals surface area contributed by atoms with Crippen LogP contribution in [0.5, 0.6) is 0 Å². The Morgan fingerprint density at radius 3 is 2.11 bits per heavy atom. The fourth-order valence-corrected chi connectivity index (χ4v) is 5.00. The molecule has 0 aliphatic heterocycles. The van der Waals surface area contributed by atoms with Crippen molar-refractivity contribution in [1.29, 1.82) is 0 Å². The van der Waals surface area contributed by atoms with Crippen molar-refractivity contribution in [2.24, 2.45) is 11.3 Å². The number of carboxylic acids is 1. The number of carboxylic acid groups (broad SMARTS) is 1. The van der Waals surface area contributed by atoms with Crippen LogP contribution in [-0.4, -0.2) is 41.8 Å². The number of hydrogen-bond acceptors (Lipinski definition) is 4. The number of fused-ring (bicyclic) bond motifs is 3. The molecule has 3 N–H and O–H groups in total. The molecule has 4 rings (SSSR count). The highest BCUT2D eigenvalue weighted by atomic mass is 16.5. The van der Waals surface area contributed by atoms with Crippen molar-refractivity contribution >= 4 is 18.0 Å². The van der Waals surface area contributed by atoms with Crippen LogP contribution in [0.15, 0.2) is 48.5 Å². The zero-order valence-corrected chi connectivity index (χ0v) is 20.6. The van der Waals surface area contributed by atoms with Crippen molar-refractivity contribution in [2.45, 2.75) is 57.9 Å². The number of carbonyl (C=O) groups excluding carboxylic acids is 2. The lowest BCUT2D eigenvalue weighted by molar-refractivity contribution is -0.138. The summed E-state index contributed by atoms with van der Waals surface area (Å²) in [5, 5.41) is 14.8. The third kappa shape index (κ3) is 6.02. The van der Waals surface area contributed by atoms with Gasteiger partial charge in [0.05, 0.1) is 17.9 Å². The summed E-state index contributed by atoms with van der Waals surface area (Å²) in [6.45, 7) is 6.43. The number of rotatable bonds is 9. The maximum absolute atomic E-state index is 13.0. The molecule has 0 radical (unpaired) electrons. The van der Waals surface area contributed by atoms with Crippen LogP contribution in [0, 0.1) is 11.3 Å². The number of hydrogen-bond donors (Lipinski definition) is 3. The SMILES string of the molecule is CC(C)(C)CC(CNC(=O)OCC1c2ccccc2-c2ccccc21)C(=O)NC1(CC(=O)O)CC1. The second-order valence-corrected chi connectivity index (χ2v) is 11.0. The molecule has 2 aliphatic rings. The van der Waals surface area contributed by atoms with Crippen molar-refractivity contribution in [1.82, 2.24) is 10.6 Å². The third-order valence-electron chi connectivity index (χ3n) is 6.80. The van der Waals surface area contributed by atoms with Gasteiger partial charge in [-0.25, -0.2) is 4.79 Å². The number of ether oxygens (including phenoxy) is 1. The van der Waals surface area contributed by atoms with E-state index in [4.69, 9.17) is 9.84 Å². The zero-order valence-electron chi connectivity index (χ0n) is 20.6. The van der Waals surface area contributed by atoms with Crippen LogP contribution in [0.3, 0.4) is 0 Å². The molecule has 0 saturated heterocycles. The molecule has 1 atom stereocenters. The van der Waals surface area contributed by atoms with E-state index in [9.17, 15) is 14.4 Å². The normalized spacial score (nSPS) is 16.5. The monoisotopic (exact) mass is 478 g/mol. The maximum atomic E-state index is 13.0. The first-order chi connectivity index (χ1) is 16.6. The van der Waals surface area contributed by atoms with E-state index < -0.39 is 23.5 Å².